The highest BCUT2D eigenvalue weighted by molar-refractivity contribution is 5.64. The van der Waals surface area contributed by atoms with Crippen molar-refractivity contribution in [1.29, 1.82) is 0 Å². The number of fused-ring (bicyclic) bond motifs is 1. The number of nitrogens with zero attached hydrogens (tertiary/aromatic N) is 2. The Morgan fingerprint density at radius 3 is 2.69 bits per heavy atom. The van der Waals surface area contributed by atoms with Gasteiger partial charge in [0.25, 0.3) is 0 Å². The van der Waals surface area contributed by atoms with Gasteiger partial charge in [-0.25, -0.2) is 0 Å². The number of aromatic nitrogens is 1. The van der Waals surface area contributed by atoms with Crippen LogP contribution in [-0.4, -0.2) is 10.5 Å². The SMILES string of the molecule is Cc1nccc2c1CN2C(C)(C)C. The van der Waals surface area contributed by atoms with Gasteiger partial charge in [0.05, 0.1) is 0 Å². The maximum atomic E-state index is 4.28. The minimum atomic E-state index is 0.237. The van der Waals surface area contributed by atoms with E-state index in [1.165, 1.54) is 16.9 Å². The van der Waals surface area contributed by atoms with Gasteiger partial charge in [-0.2, -0.15) is 0 Å². The molecular weight excluding hydrogens is 160 g/mol. The summed E-state index contributed by atoms with van der Waals surface area (Å²) in [5.74, 6) is 0. The Labute approximate surface area is 79.6 Å². The Bertz CT molecular complexity index is 336. The summed E-state index contributed by atoms with van der Waals surface area (Å²) in [6.45, 7) is 9.86. The van der Waals surface area contributed by atoms with Gasteiger partial charge in [0.15, 0.2) is 0 Å². The number of aryl methyl sites for hydroxylation is 1. The lowest BCUT2D eigenvalue weighted by Crippen LogP contribution is -2.47. The van der Waals surface area contributed by atoms with E-state index in [1.54, 1.807) is 0 Å². The van der Waals surface area contributed by atoms with E-state index in [0.717, 1.165) is 6.54 Å². The summed E-state index contributed by atoms with van der Waals surface area (Å²) >= 11 is 0. The maximum Gasteiger partial charge on any atom is 0.0473 e. The molecule has 1 aromatic rings. The smallest absolute Gasteiger partial charge is 0.0473 e. The largest absolute Gasteiger partial charge is 0.362 e. The average Bonchev–Trinajstić information content (AvgIpc) is 1.90. The van der Waals surface area contributed by atoms with Crippen LogP contribution in [0.2, 0.25) is 0 Å². The van der Waals surface area contributed by atoms with Gasteiger partial charge >= 0.3 is 0 Å². The van der Waals surface area contributed by atoms with Crippen molar-refractivity contribution in [2.24, 2.45) is 0 Å². The second kappa shape index (κ2) is 2.47. The summed E-state index contributed by atoms with van der Waals surface area (Å²) in [5, 5.41) is 0. The van der Waals surface area contributed by atoms with Crippen molar-refractivity contribution in [3.05, 3.63) is 23.5 Å². The van der Waals surface area contributed by atoms with Gasteiger partial charge in [-0.3, -0.25) is 4.98 Å². The fourth-order valence-corrected chi connectivity index (χ4v) is 1.78. The number of hydrogen-bond donors (Lipinski definition) is 0. The number of hydrogen-bond acceptors (Lipinski definition) is 2. The van der Waals surface area contributed by atoms with Crippen LogP contribution in [0.15, 0.2) is 12.3 Å². The molecule has 70 valence electrons. The fourth-order valence-electron chi connectivity index (χ4n) is 1.78. The second-order valence-electron chi connectivity index (χ2n) is 4.65. The Balaban J connectivity index is 2.37. The number of anilines is 1. The van der Waals surface area contributed by atoms with Gasteiger partial charge in [-0.15, -0.1) is 0 Å². The average molecular weight is 176 g/mol. The molecule has 1 aliphatic rings. The highest BCUT2D eigenvalue weighted by Gasteiger charge is 2.32. The van der Waals surface area contributed by atoms with Crippen LogP contribution < -0.4 is 4.90 Å². The monoisotopic (exact) mass is 176 g/mol. The minimum absolute atomic E-state index is 0.237. The van der Waals surface area contributed by atoms with Crippen molar-refractivity contribution in [3.63, 3.8) is 0 Å². The molecule has 0 amide bonds. The highest BCUT2D eigenvalue weighted by Crippen LogP contribution is 2.38. The Morgan fingerprint density at radius 1 is 1.38 bits per heavy atom. The third-order valence-electron chi connectivity index (χ3n) is 2.66. The van der Waals surface area contributed by atoms with Gasteiger partial charge in [0.1, 0.15) is 0 Å². The molecule has 0 bridgehead atoms. The lowest BCUT2D eigenvalue weighted by Gasteiger charge is -2.46. The molecule has 0 unspecified atom stereocenters. The minimum Gasteiger partial charge on any atom is -0.362 e. The molecule has 0 N–H and O–H groups in total. The van der Waals surface area contributed by atoms with Crippen molar-refractivity contribution in [1.82, 2.24) is 4.98 Å². The zero-order valence-corrected chi connectivity index (χ0v) is 8.76. The normalized spacial score (nSPS) is 15.2. The zero-order valence-electron chi connectivity index (χ0n) is 8.76. The first kappa shape index (κ1) is 8.54. The first-order valence-electron chi connectivity index (χ1n) is 4.72. The van der Waals surface area contributed by atoms with Crippen molar-refractivity contribution < 1.29 is 0 Å². The molecule has 0 saturated carbocycles. The molecule has 0 aromatic carbocycles. The van der Waals surface area contributed by atoms with E-state index < -0.39 is 0 Å². The molecule has 0 radical (unpaired) electrons. The van der Waals surface area contributed by atoms with E-state index >= 15 is 0 Å². The molecule has 1 aromatic heterocycles. The lowest BCUT2D eigenvalue weighted by atomic mass is 9.94. The molecule has 0 aliphatic carbocycles. The molecule has 2 heteroatoms. The van der Waals surface area contributed by atoms with Gasteiger partial charge in [-0.05, 0) is 33.8 Å². The van der Waals surface area contributed by atoms with Crippen LogP contribution in [0, 0.1) is 6.92 Å². The predicted molar refractivity (Wildman–Crippen MR) is 54.9 cm³/mol. The first-order chi connectivity index (χ1) is 6.00. The molecule has 2 rings (SSSR count). The van der Waals surface area contributed by atoms with Crippen LogP contribution in [0.5, 0.6) is 0 Å². The van der Waals surface area contributed by atoms with Crippen molar-refractivity contribution >= 4 is 5.69 Å². The van der Waals surface area contributed by atoms with E-state index in [1.807, 2.05) is 6.20 Å². The summed E-state index contributed by atoms with van der Waals surface area (Å²) in [4.78, 5) is 6.69. The predicted octanol–water partition coefficient (Wildman–Crippen LogP) is 2.51. The van der Waals surface area contributed by atoms with E-state index in [0.29, 0.717) is 0 Å². The van der Waals surface area contributed by atoms with Gasteiger partial charge < -0.3 is 4.90 Å². The molecular formula is C11H16N2. The molecule has 2 nitrogen and oxygen atoms in total. The van der Waals surface area contributed by atoms with Crippen LogP contribution in [0.3, 0.4) is 0 Å². The number of pyridine rings is 1. The summed E-state index contributed by atoms with van der Waals surface area (Å²) in [6.07, 6.45) is 1.89. The van der Waals surface area contributed by atoms with Crippen molar-refractivity contribution in [2.75, 3.05) is 4.90 Å². The standard InChI is InChI=1S/C11H16N2/c1-8-9-7-13(11(2,3)4)10(9)5-6-12-8/h5-6H,7H2,1-4H3. The van der Waals surface area contributed by atoms with E-state index in [2.05, 4.69) is 43.6 Å². The maximum absolute atomic E-state index is 4.28. The first-order valence-corrected chi connectivity index (χ1v) is 4.72. The van der Waals surface area contributed by atoms with Crippen LogP contribution in [0.1, 0.15) is 32.0 Å². The second-order valence-corrected chi connectivity index (χ2v) is 4.65. The van der Waals surface area contributed by atoms with Crippen LogP contribution >= 0.6 is 0 Å². The summed E-state index contributed by atoms with van der Waals surface area (Å²) < 4.78 is 0. The van der Waals surface area contributed by atoms with E-state index in [9.17, 15) is 0 Å². The van der Waals surface area contributed by atoms with Gasteiger partial charge in [-0.1, -0.05) is 0 Å². The Kier molecular flexibility index (Phi) is 1.62. The quantitative estimate of drug-likeness (QED) is 0.603. The van der Waals surface area contributed by atoms with Gasteiger partial charge in [0.2, 0.25) is 0 Å². The molecule has 0 fully saturated rings. The topological polar surface area (TPSA) is 16.1 Å². The third-order valence-corrected chi connectivity index (χ3v) is 2.66. The lowest BCUT2D eigenvalue weighted by molar-refractivity contribution is 0.473. The van der Waals surface area contributed by atoms with Crippen LogP contribution in [0.25, 0.3) is 0 Å². The van der Waals surface area contributed by atoms with Crippen LogP contribution in [-0.2, 0) is 6.54 Å². The van der Waals surface area contributed by atoms with E-state index in [4.69, 9.17) is 0 Å². The van der Waals surface area contributed by atoms with Crippen LogP contribution in [0.4, 0.5) is 5.69 Å². The molecule has 0 atom stereocenters. The zero-order chi connectivity index (χ0) is 9.64. The van der Waals surface area contributed by atoms with E-state index in [-0.39, 0.29) is 5.54 Å². The third kappa shape index (κ3) is 1.21. The number of rotatable bonds is 0. The molecule has 2 heterocycles. The highest BCUT2D eigenvalue weighted by atomic mass is 15.2. The molecule has 13 heavy (non-hydrogen) atoms. The molecule has 0 saturated heterocycles. The summed E-state index contributed by atoms with van der Waals surface area (Å²) in [7, 11) is 0. The molecule has 1 aliphatic heterocycles. The summed E-state index contributed by atoms with van der Waals surface area (Å²) in [5.41, 5.74) is 4.19. The fraction of sp³-hybridized carbons (Fsp3) is 0.545. The Hall–Kier alpha value is -1.05. The van der Waals surface area contributed by atoms with Crippen molar-refractivity contribution in [3.8, 4) is 0 Å². The van der Waals surface area contributed by atoms with Gasteiger partial charge in [0, 0.05) is 35.2 Å². The summed E-state index contributed by atoms with van der Waals surface area (Å²) in [6, 6.07) is 2.11. The van der Waals surface area contributed by atoms with Crippen molar-refractivity contribution in [2.45, 2.75) is 39.8 Å². The molecule has 0 spiro atoms. The Morgan fingerprint density at radius 2 is 2.08 bits per heavy atom.